The third-order valence-electron chi connectivity index (χ3n) is 5.95. The molecule has 38 heavy (non-hydrogen) atoms. The predicted octanol–water partition coefficient (Wildman–Crippen LogP) is 7.84. The Labute approximate surface area is 214 Å². The molecule has 186 valence electrons. The maximum Gasteiger partial charge on any atom is 0.416 e. The molecule has 0 amide bonds. The van der Waals surface area contributed by atoms with Crippen LogP contribution in [0.3, 0.4) is 0 Å². The number of ether oxygens (including phenoxy) is 2. The minimum Gasteiger partial charge on any atom is -0.437 e. The van der Waals surface area contributed by atoms with Crippen molar-refractivity contribution in [3.8, 4) is 34.5 Å². The smallest absolute Gasteiger partial charge is 0.416 e. The van der Waals surface area contributed by atoms with Crippen LogP contribution in [0, 0.1) is 0 Å². The quantitative estimate of drug-likeness (QED) is 0.235. The zero-order chi connectivity index (χ0) is 26.1. The minimum atomic E-state index is -4.46. The first-order chi connectivity index (χ1) is 18.5. The molecule has 0 N–H and O–H groups in total. The van der Waals surface area contributed by atoms with E-state index in [1.165, 1.54) is 12.1 Å². The lowest BCUT2D eigenvalue weighted by molar-refractivity contribution is -0.137. The van der Waals surface area contributed by atoms with Crippen molar-refractivity contribution in [3.63, 3.8) is 0 Å². The molecule has 0 aliphatic rings. The predicted molar refractivity (Wildman–Crippen MR) is 136 cm³/mol. The number of alkyl halides is 3. The van der Waals surface area contributed by atoms with Crippen molar-refractivity contribution in [2.45, 2.75) is 6.18 Å². The molecule has 0 unspecified atom stereocenters. The molecule has 6 nitrogen and oxygen atoms in total. The summed E-state index contributed by atoms with van der Waals surface area (Å²) in [5.41, 5.74) is 0.0674. The summed E-state index contributed by atoms with van der Waals surface area (Å²) in [6.07, 6.45) is 0.521. The van der Waals surface area contributed by atoms with Crippen molar-refractivity contribution < 1.29 is 22.6 Å². The van der Waals surface area contributed by atoms with Crippen LogP contribution < -0.4 is 9.47 Å². The van der Waals surface area contributed by atoms with Gasteiger partial charge in [0.05, 0.1) is 11.1 Å². The molecule has 6 aromatic rings. The van der Waals surface area contributed by atoms with Crippen molar-refractivity contribution in [1.82, 2.24) is 20.2 Å². The van der Waals surface area contributed by atoms with E-state index in [9.17, 15) is 13.2 Å². The summed E-state index contributed by atoms with van der Waals surface area (Å²) in [5.74, 6) is 1.04. The largest absolute Gasteiger partial charge is 0.437 e. The number of hydrogen-bond acceptors (Lipinski definition) is 6. The maximum absolute atomic E-state index is 13.2. The molecule has 0 radical (unpaired) electrons. The van der Waals surface area contributed by atoms with E-state index in [4.69, 9.17) is 9.47 Å². The number of halogens is 3. The average Bonchev–Trinajstić information content (AvgIpc) is 2.94. The van der Waals surface area contributed by atoms with Crippen molar-refractivity contribution in [2.24, 2.45) is 0 Å². The summed E-state index contributed by atoms with van der Waals surface area (Å²) in [5, 5.41) is 11.8. The minimum absolute atomic E-state index is 0.0723. The van der Waals surface area contributed by atoms with Crippen molar-refractivity contribution in [1.29, 1.82) is 0 Å². The molecule has 3 heterocycles. The Hall–Kier alpha value is -5.05. The second kappa shape index (κ2) is 9.44. The number of benzene rings is 3. The molecule has 3 aromatic carbocycles. The highest BCUT2D eigenvalue weighted by Crippen LogP contribution is 2.38. The van der Waals surface area contributed by atoms with E-state index in [0.29, 0.717) is 22.8 Å². The van der Waals surface area contributed by atoms with Gasteiger partial charge in [-0.05, 0) is 47.3 Å². The number of rotatable bonds is 5. The van der Waals surface area contributed by atoms with Crippen LogP contribution in [-0.4, -0.2) is 20.2 Å². The highest BCUT2D eigenvalue weighted by atomic mass is 19.4. The average molecular weight is 510 g/mol. The van der Waals surface area contributed by atoms with Crippen LogP contribution in [0.25, 0.3) is 32.7 Å². The lowest BCUT2D eigenvalue weighted by Gasteiger charge is -2.14. The van der Waals surface area contributed by atoms with Crippen LogP contribution in [-0.2, 0) is 6.18 Å². The Balaban J connectivity index is 1.44. The van der Waals surface area contributed by atoms with E-state index < -0.39 is 11.7 Å². The third-order valence-corrected chi connectivity index (χ3v) is 5.95. The summed E-state index contributed by atoms with van der Waals surface area (Å²) in [7, 11) is 0. The topological polar surface area (TPSA) is 70.0 Å². The van der Waals surface area contributed by atoms with Gasteiger partial charge in [0.25, 0.3) is 0 Å². The Morgan fingerprint density at radius 2 is 1.47 bits per heavy atom. The first-order valence-corrected chi connectivity index (χ1v) is 11.5. The summed E-state index contributed by atoms with van der Waals surface area (Å²) < 4.78 is 51.7. The van der Waals surface area contributed by atoms with Gasteiger partial charge >= 0.3 is 6.18 Å². The summed E-state index contributed by atoms with van der Waals surface area (Å²) in [6, 6.07) is 23.0. The highest BCUT2D eigenvalue weighted by molar-refractivity contribution is 5.88. The van der Waals surface area contributed by atoms with Crippen LogP contribution >= 0.6 is 0 Å². The SMILES string of the molecule is FC(F)(F)c1ccc(-c2cc(Oc3cccc4cnccc34)nnc2Oc2nccc3ccccc23)cc1. The summed E-state index contributed by atoms with van der Waals surface area (Å²) in [6.45, 7) is 0. The molecule has 0 atom stereocenters. The second-order valence-electron chi connectivity index (χ2n) is 8.37. The molecular formula is C29H17F3N4O2. The summed E-state index contributed by atoms with van der Waals surface area (Å²) >= 11 is 0. The van der Waals surface area contributed by atoms with Gasteiger partial charge in [-0.2, -0.15) is 13.2 Å². The first kappa shape index (κ1) is 23.4. The van der Waals surface area contributed by atoms with Gasteiger partial charge < -0.3 is 9.47 Å². The van der Waals surface area contributed by atoms with Gasteiger partial charge in [-0.3, -0.25) is 4.98 Å². The third kappa shape index (κ3) is 4.57. The maximum atomic E-state index is 13.2. The number of fused-ring (bicyclic) bond motifs is 2. The van der Waals surface area contributed by atoms with Crippen LogP contribution in [0.15, 0.2) is 104 Å². The normalized spacial score (nSPS) is 11.6. The molecule has 0 spiro atoms. The zero-order valence-corrected chi connectivity index (χ0v) is 19.6. The van der Waals surface area contributed by atoms with E-state index in [1.807, 2.05) is 48.5 Å². The molecule has 9 heteroatoms. The lowest BCUT2D eigenvalue weighted by Crippen LogP contribution is -2.04. The molecule has 0 saturated carbocycles. The standard InChI is InChI=1S/C29H17F3N4O2/c30-29(31,32)21-10-8-19(9-11-21)24-16-26(37-25-7-3-5-20-17-33-14-13-22(20)25)35-36-28(24)38-27-23-6-2-1-4-18(23)12-15-34-27/h1-17H. The van der Waals surface area contributed by atoms with Crippen LogP contribution in [0.5, 0.6) is 23.4 Å². The zero-order valence-electron chi connectivity index (χ0n) is 19.6. The Bertz CT molecular complexity index is 1760. The van der Waals surface area contributed by atoms with Gasteiger partial charge in [-0.15, -0.1) is 10.2 Å². The Morgan fingerprint density at radius 1 is 0.658 bits per heavy atom. The molecule has 0 bridgehead atoms. The fraction of sp³-hybridized carbons (Fsp3) is 0.0345. The summed E-state index contributed by atoms with van der Waals surface area (Å²) in [4.78, 5) is 8.46. The van der Waals surface area contributed by atoms with Gasteiger partial charge in [-0.25, -0.2) is 4.98 Å². The van der Waals surface area contributed by atoms with Gasteiger partial charge in [0, 0.05) is 40.8 Å². The number of hydrogen-bond donors (Lipinski definition) is 0. The van der Waals surface area contributed by atoms with E-state index in [-0.39, 0.29) is 11.8 Å². The highest BCUT2D eigenvalue weighted by Gasteiger charge is 2.30. The molecule has 0 saturated heterocycles. The van der Waals surface area contributed by atoms with E-state index in [1.54, 1.807) is 30.7 Å². The van der Waals surface area contributed by atoms with Gasteiger partial charge in [0.2, 0.25) is 17.6 Å². The number of pyridine rings is 2. The monoisotopic (exact) mass is 510 g/mol. The van der Waals surface area contributed by atoms with Crippen LogP contribution in [0.4, 0.5) is 13.2 Å². The molecule has 3 aromatic heterocycles. The number of aromatic nitrogens is 4. The van der Waals surface area contributed by atoms with Gasteiger partial charge in [0.15, 0.2) is 0 Å². The van der Waals surface area contributed by atoms with E-state index >= 15 is 0 Å². The molecule has 6 rings (SSSR count). The van der Waals surface area contributed by atoms with Gasteiger partial charge in [-0.1, -0.05) is 42.5 Å². The molecular weight excluding hydrogens is 493 g/mol. The number of nitrogens with zero attached hydrogens (tertiary/aromatic N) is 4. The van der Waals surface area contributed by atoms with Crippen molar-refractivity contribution in [2.75, 3.05) is 0 Å². The van der Waals surface area contributed by atoms with Crippen molar-refractivity contribution >= 4 is 21.5 Å². The first-order valence-electron chi connectivity index (χ1n) is 11.5. The molecule has 0 aliphatic heterocycles. The van der Waals surface area contributed by atoms with Crippen LogP contribution in [0.1, 0.15) is 5.56 Å². The molecule has 0 fully saturated rings. The fourth-order valence-electron chi connectivity index (χ4n) is 4.09. The Kier molecular flexibility index (Phi) is 5.80. The molecule has 0 aliphatic carbocycles. The van der Waals surface area contributed by atoms with E-state index in [2.05, 4.69) is 20.2 Å². The fourth-order valence-corrected chi connectivity index (χ4v) is 4.09. The lowest BCUT2D eigenvalue weighted by atomic mass is 10.1. The van der Waals surface area contributed by atoms with Gasteiger partial charge in [0.1, 0.15) is 5.75 Å². The van der Waals surface area contributed by atoms with E-state index in [0.717, 1.165) is 33.7 Å². The Morgan fingerprint density at radius 3 is 2.32 bits per heavy atom. The van der Waals surface area contributed by atoms with Crippen LogP contribution in [0.2, 0.25) is 0 Å². The second-order valence-corrected chi connectivity index (χ2v) is 8.37. The van der Waals surface area contributed by atoms with Crippen molar-refractivity contribution in [3.05, 3.63) is 109 Å².